The largest absolute Gasteiger partial charge is 0.480 e. The highest BCUT2D eigenvalue weighted by molar-refractivity contribution is 6.16. The summed E-state index contributed by atoms with van der Waals surface area (Å²) < 4.78 is 4.44. The standard InChI is InChI=1S/C8H8O9/c9-3(10)7(4(11)12)1-2-17-8(7,5(13)14)6(15)16/h1-2H2,(H,9,10)(H,11,12)(H,13,14)(H,15,16). The van der Waals surface area contributed by atoms with Gasteiger partial charge in [-0.15, -0.1) is 0 Å². The lowest BCUT2D eigenvalue weighted by molar-refractivity contribution is -0.201. The molecule has 0 radical (unpaired) electrons. The summed E-state index contributed by atoms with van der Waals surface area (Å²) in [4.78, 5) is 43.9. The first kappa shape index (κ1) is 12.9. The van der Waals surface area contributed by atoms with Crippen LogP contribution in [0.2, 0.25) is 0 Å². The van der Waals surface area contributed by atoms with E-state index in [9.17, 15) is 19.2 Å². The van der Waals surface area contributed by atoms with Crippen LogP contribution in [0.4, 0.5) is 0 Å². The van der Waals surface area contributed by atoms with Crippen molar-refractivity contribution in [3.63, 3.8) is 0 Å². The number of carbonyl (C=O) groups is 4. The van der Waals surface area contributed by atoms with Crippen LogP contribution in [0.25, 0.3) is 0 Å². The Morgan fingerprint density at radius 1 is 0.824 bits per heavy atom. The topological polar surface area (TPSA) is 158 Å². The maximum Gasteiger partial charge on any atom is 0.349 e. The number of rotatable bonds is 4. The zero-order valence-corrected chi connectivity index (χ0v) is 8.24. The normalized spacial score (nSPS) is 20.7. The van der Waals surface area contributed by atoms with Crippen LogP contribution in [0.5, 0.6) is 0 Å². The van der Waals surface area contributed by atoms with Gasteiger partial charge in [0, 0.05) is 6.42 Å². The molecule has 1 aliphatic heterocycles. The van der Waals surface area contributed by atoms with Gasteiger partial charge in [0.25, 0.3) is 5.60 Å². The van der Waals surface area contributed by atoms with Crippen molar-refractivity contribution in [1.82, 2.24) is 0 Å². The molecule has 1 aliphatic rings. The summed E-state index contributed by atoms with van der Waals surface area (Å²) in [6.07, 6.45) is -0.740. The summed E-state index contributed by atoms with van der Waals surface area (Å²) in [6.45, 7) is -0.586. The van der Waals surface area contributed by atoms with Gasteiger partial charge in [0.05, 0.1) is 6.61 Å². The summed E-state index contributed by atoms with van der Waals surface area (Å²) >= 11 is 0. The van der Waals surface area contributed by atoms with Gasteiger partial charge in [-0.25, -0.2) is 9.59 Å². The first-order valence-corrected chi connectivity index (χ1v) is 4.31. The van der Waals surface area contributed by atoms with Crippen molar-refractivity contribution in [3.8, 4) is 0 Å². The molecular formula is C8H8O9. The van der Waals surface area contributed by atoms with Crippen LogP contribution < -0.4 is 0 Å². The molecule has 0 atom stereocenters. The molecule has 0 unspecified atom stereocenters. The zero-order valence-electron chi connectivity index (χ0n) is 8.24. The highest BCUT2D eigenvalue weighted by Gasteiger charge is 2.76. The van der Waals surface area contributed by atoms with Crippen molar-refractivity contribution in [2.45, 2.75) is 12.0 Å². The maximum atomic E-state index is 11.0. The Morgan fingerprint density at radius 3 is 1.47 bits per heavy atom. The van der Waals surface area contributed by atoms with Crippen LogP contribution in [0, 0.1) is 5.41 Å². The summed E-state index contributed by atoms with van der Waals surface area (Å²) in [5, 5.41) is 35.4. The highest BCUT2D eigenvalue weighted by atomic mass is 16.6. The fraction of sp³-hybridized carbons (Fsp3) is 0.500. The summed E-state index contributed by atoms with van der Waals surface area (Å²) in [6, 6.07) is 0. The fourth-order valence-electron chi connectivity index (χ4n) is 1.84. The van der Waals surface area contributed by atoms with Crippen molar-refractivity contribution in [2.75, 3.05) is 6.61 Å². The van der Waals surface area contributed by atoms with E-state index in [2.05, 4.69) is 4.74 Å². The minimum atomic E-state index is -3.31. The SMILES string of the molecule is O=C(O)C1(C(=O)O)CCOC1(C(=O)O)C(=O)O. The van der Waals surface area contributed by atoms with E-state index in [-0.39, 0.29) is 0 Å². The van der Waals surface area contributed by atoms with Crippen LogP contribution in [0.3, 0.4) is 0 Å². The minimum Gasteiger partial charge on any atom is -0.480 e. The highest BCUT2D eigenvalue weighted by Crippen LogP contribution is 2.45. The van der Waals surface area contributed by atoms with Gasteiger partial charge in [-0.2, -0.15) is 0 Å². The Bertz CT molecular complexity index is 343. The number of carboxylic acids is 4. The first-order valence-electron chi connectivity index (χ1n) is 4.31. The van der Waals surface area contributed by atoms with E-state index in [0.29, 0.717) is 0 Å². The molecule has 1 rings (SSSR count). The predicted molar refractivity (Wildman–Crippen MR) is 46.3 cm³/mol. The van der Waals surface area contributed by atoms with Gasteiger partial charge in [0.2, 0.25) is 5.41 Å². The van der Waals surface area contributed by atoms with Crippen molar-refractivity contribution in [2.24, 2.45) is 5.41 Å². The Morgan fingerprint density at radius 2 is 1.24 bits per heavy atom. The van der Waals surface area contributed by atoms with E-state index in [4.69, 9.17) is 20.4 Å². The minimum absolute atomic E-state index is 0.586. The lowest BCUT2D eigenvalue weighted by Gasteiger charge is -2.30. The third-order valence-electron chi connectivity index (χ3n) is 2.73. The van der Waals surface area contributed by atoms with Crippen LogP contribution in [-0.4, -0.2) is 56.5 Å². The molecule has 1 heterocycles. The molecule has 0 saturated carbocycles. The second-order valence-corrected chi connectivity index (χ2v) is 3.41. The van der Waals surface area contributed by atoms with E-state index in [1.165, 1.54) is 0 Å². The molecule has 4 N–H and O–H groups in total. The van der Waals surface area contributed by atoms with E-state index in [1.807, 2.05) is 0 Å². The molecule has 1 fully saturated rings. The third kappa shape index (κ3) is 1.29. The average molecular weight is 248 g/mol. The van der Waals surface area contributed by atoms with Gasteiger partial charge >= 0.3 is 23.9 Å². The summed E-state index contributed by atoms with van der Waals surface area (Å²) in [5.74, 6) is -8.45. The Balaban J connectivity index is 3.58. The van der Waals surface area contributed by atoms with Crippen molar-refractivity contribution in [1.29, 1.82) is 0 Å². The molecule has 0 bridgehead atoms. The number of aliphatic carboxylic acids is 4. The smallest absolute Gasteiger partial charge is 0.349 e. The summed E-state index contributed by atoms with van der Waals surface area (Å²) in [5.41, 5.74) is -6.35. The third-order valence-corrected chi connectivity index (χ3v) is 2.73. The number of ether oxygens (including phenoxy) is 1. The van der Waals surface area contributed by atoms with E-state index < -0.39 is 47.9 Å². The van der Waals surface area contributed by atoms with Crippen LogP contribution in [0.15, 0.2) is 0 Å². The molecule has 0 aromatic carbocycles. The molecule has 0 aromatic rings. The first-order chi connectivity index (χ1) is 7.73. The molecule has 0 amide bonds. The Labute approximate surface area is 93.2 Å². The fourth-order valence-corrected chi connectivity index (χ4v) is 1.84. The molecule has 94 valence electrons. The average Bonchev–Trinajstić information content (AvgIpc) is 2.58. The lowest BCUT2D eigenvalue weighted by atomic mass is 9.71. The van der Waals surface area contributed by atoms with E-state index in [1.54, 1.807) is 0 Å². The van der Waals surface area contributed by atoms with Gasteiger partial charge in [0.15, 0.2) is 0 Å². The monoisotopic (exact) mass is 248 g/mol. The number of carboxylic acid groups (broad SMARTS) is 4. The van der Waals surface area contributed by atoms with Gasteiger partial charge in [-0.05, 0) is 0 Å². The number of hydrogen-bond acceptors (Lipinski definition) is 5. The van der Waals surface area contributed by atoms with Crippen LogP contribution >= 0.6 is 0 Å². The van der Waals surface area contributed by atoms with E-state index in [0.717, 1.165) is 0 Å². The molecule has 9 heteroatoms. The Hall–Kier alpha value is -2.16. The zero-order chi connectivity index (χ0) is 13.4. The maximum absolute atomic E-state index is 11.0. The predicted octanol–water partition coefficient (Wildman–Crippen LogP) is -1.53. The molecule has 0 spiro atoms. The molecule has 0 aliphatic carbocycles. The van der Waals surface area contributed by atoms with Crippen molar-refractivity contribution in [3.05, 3.63) is 0 Å². The Kier molecular flexibility index (Phi) is 2.81. The molecule has 1 saturated heterocycles. The molecular weight excluding hydrogens is 240 g/mol. The summed E-state index contributed by atoms with van der Waals surface area (Å²) in [7, 11) is 0. The molecule has 9 nitrogen and oxygen atoms in total. The van der Waals surface area contributed by atoms with Gasteiger partial charge in [0.1, 0.15) is 0 Å². The van der Waals surface area contributed by atoms with Crippen LogP contribution in [0.1, 0.15) is 6.42 Å². The van der Waals surface area contributed by atoms with Gasteiger partial charge < -0.3 is 25.2 Å². The number of hydrogen-bond donors (Lipinski definition) is 4. The second-order valence-electron chi connectivity index (χ2n) is 3.41. The van der Waals surface area contributed by atoms with E-state index >= 15 is 0 Å². The quantitative estimate of drug-likeness (QED) is 0.433. The van der Waals surface area contributed by atoms with Gasteiger partial charge in [-0.1, -0.05) is 0 Å². The van der Waals surface area contributed by atoms with Crippen LogP contribution in [-0.2, 0) is 23.9 Å². The lowest BCUT2D eigenvalue weighted by Crippen LogP contribution is -2.64. The molecule has 17 heavy (non-hydrogen) atoms. The molecule has 0 aromatic heterocycles. The van der Waals surface area contributed by atoms with Gasteiger partial charge in [-0.3, -0.25) is 9.59 Å². The van der Waals surface area contributed by atoms with Crippen molar-refractivity contribution < 1.29 is 44.3 Å². The second kappa shape index (κ2) is 3.70. The van der Waals surface area contributed by atoms with Crippen molar-refractivity contribution >= 4 is 23.9 Å².